The molecule has 1 heterocycles. The Morgan fingerprint density at radius 1 is 1.15 bits per heavy atom. The van der Waals surface area contributed by atoms with Crippen LogP contribution in [0.2, 0.25) is 0 Å². The molecule has 0 spiro atoms. The third kappa shape index (κ3) is 6.08. The number of morpholine rings is 1. The number of aliphatic hydroxyl groups excluding tert-OH is 1. The van der Waals surface area contributed by atoms with Crippen molar-refractivity contribution >= 4 is 0 Å². The van der Waals surface area contributed by atoms with Crippen molar-refractivity contribution in [2.45, 2.75) is 77.8 Å². The van der Waals surface area contributed by atoms with Crippen molar-refractivity contribution in [1.29, 1.82) is 0 Å². The van der Waals surface area contributed by atoms with Crippen LogP contribution in [0.15, 0.2) is 0 Å². The Morgan fingerprint density at radius 3 is 2.35 bits per heavy atom. The minimum absolute atomic E-state index is 0. The van der Waals surface area contributed by atoms with E-state index in [9.17, 15) is 5.11 Å². The fraction of sp³-hybridized carbons (Fsp3) is 1.00. The molecule has 1 aliphatic carbocycles. The summed E-state index contributed by atoms with van der Waals surface area (Å²) in [6, 6.07) is 0. The summed E-state index contributed by atoms with van der Waals surface area (Å²) in [5.74, 6) is 0. The molecule has 2 aliphatic rings. The highest BCUT2D eigenvalue weighted by atomic mass is 16.5. The molecule has 3 atom stereocenters. The Balaban J connectivity index is 0.00000200. The van der Waals surface area contributed by atoms with Gasteiger partial charge < -0.3 is 14.6 Å². The molecule has 0 aromatic rings. The smallest absolute Gasteiger partial charge is 0.0900 e. The molecule has 2 fully saturated rings. The van der Waals surface area contributed by atoms with Crippen LogP contribution in [-0.4, -0.2) is 60.7 Å². The Labute approximate surface area is 124 Å². The van der Waals surface area contributed by atoms with Gasteiger partial charge in [-0.15, -0.1) is 0 Å². The van der Waals surface area contributed by atoms with E-state index in [-0.39, 0.29) is 25.7 Å². The van der Waals surface area contributed by atoms with E-state index >= 15 is 0 Å². The maximum atomic E-state index is 10.1. The molecule has 120 valence electrons. The molecule has 0 amide bonds. The molecule has 4 heteroatoms. The fourth-order valence-corrected chi connectivity index (χ4v) is 3.26. The zero-order valence-corrected chi connectivity index (χ0v) is 12.4. The predicted octanol–water partition coefficient (Wildman–Crippen LogP) is 2.44. The lowest BCUT2D eigenvalue weighted by atomic mass is 9.98. The Morgan fingerprint density at radius 2 is 1.75 bits per heavy atom. The lowest BCUT2D eigenvalue weighted by Gasteiger charge is -2.36. The van der Waals surface area contributed by atoms with Crippen molar-refractivity contribution in [3.63, 3.8) is 0 Å². The predicted molar refractivity (Wildman–Crippen MR) is 82.0 cm³/mol. The van der Waals surface area contributed by atoms with Gasteiger partial charge in [0, 0.05) is 19.6 Å². The van der Waals surface area contributed by atoms with Gasteiger partial charge in [0.25, 0.3) is 0 Å². The molecule has 2 rings (SSSR count). The zero-order chi connectivity index (χ0) is 13.7. The largest absolute Gasteiger partial charge is 0.389 e. The normalized spacial score (nSPS) is 30.8. The first-order valence-electron chi connectivity index (χ1n) is 7.81. The molecule has 3 unspecified atom stereocenters. The quantitative estimate of drug-likeness (QED) is 0.843. The molecule has 1 aliphatic heterocycles. The fourth-order valence-electron chi connectivity index (χ4n) is 3.26. The number of hydrogen-bond donors (Lipinski definition) is 1. The standard InChI is InChI=1S/C15H29NO3.CH4/c1-12-8-16(9-13(2)19-12)10-14(17)11-18-15-6-4-3-5-7-15;/h12-15,17H,3-11H2,1-2H3;1H4. The molecule has 4 nitrogen and oxygen atoms in total. The zero-order valence-electron chi connectivity index (χ0n) is 12.4. The minimum Gasteiger partial charge on any atom is -0.389 e. The first-order chi connectivity index (χ1) is 9.13. The summed E-state index contributed by atoms with van der Waals surface area (Å²) in [5, 5.41) is 10.1. The second-order valence-corrected chi connectivity index (χ2v) is 6.22. The molecular weight excluding hydrogens is 254 g/mol. The summed E-state index contributed by atoms with van der Waals surface area (Å²) in [7, 11) is 0. The number of hydrogen-bond acceptors (Lipinski definition) is 4. The maximum Gasteiger partial charge on any atom is 0.0900 e. The van der Waals surface area contributed by atoms with Gasteiger partial charge in [0.15, 0.2) is 0 Å². The van der Waals surface area contributed by atoms with E-state index in [0.29, 0.717) is 19.3 Å². The van der Waals surface area contributed by atoms with Gasteiger partial charge in [0.1, 0.15) is 0 Å². The number of β-amino-alcohol motifs (C(OH)–C–C–N with tert-alkyl or cyclic N) is 1. The average molecular weight is 287 g/mol. The highest BCUT2D eigenvalue weighted by Gasteiger charge is 2.24. The lowest BCUT2D eigenvalue weighted by Crippen LogP contribution is -2.48. The van der Waals surface area contributed by atoms with E-state index < -0.39 is 0 Å². The second-order valence-electron chi connectivity index (χ2n) is 6.22. The molecule has 1 saturated heterocycles. The molecule has 0 aromatic carbocycles. The van der Waals surface area contributed by atoms with Crippen LogP contribution in [0, 0.1) is 0 Å². The van der Waals surface area contributed by atoms with Crippen molar-refractivity contribution in [1.82, 2.24) is 4.90 Å². The first kappa shape index (κ1) is 17.9. The molecule has 20 heavy (non-hydrogen) atoms. The molecule has 0 radical (unpaired) electrons. The van der Waals surface area contributed by atoms with Crippen molar-refractivity contribution in [3.8, 4) is 0 Å². The summed E-state index contributed by atoms with van der Waals surface area (Å²) in [4.78, 5) is 2.29. The van der Waals surface area contributed by atoms with Gasteiger partial charge in [-0.2, -0.15) is 0 Å². The van der Waals surface area contributed by atoms with Crippen LogP contribution in [-0.2, 0) is 9.47 Å². The molecule has 0 bridgehead atoms. The van der Waals surface area contributed by atoms with Crippen molar-refractivity contribution < 1.29 is 14.6 Å². The molecule has 1 saturated carbocycles. The monoisotopic (exact) mass is 287 g/mol. The van der Waals surface area contributed by atoms with Crippen LogP contribution in [0.4, 0.5) is 0 Å². The van der Waals surface area contributed by atoms with E-state index in [1.165, 1.54) is 32.1 Å². The number of aliphatic hydroxyl groups is 1. The van der Waals surface area contributed by atoms with Gasteiger partial charge in [-0.05, 0) is 26.7 Å². The highest BCUT2D eigenvalue weighted by molar-refractivity contribution is 4.75. The van der Waals surface area contributed by atoms with Crippen LogP contribution >= 0.6 is 0 Å². The van der Waals surface area contributed by atoms with Gasteiger partial charge in [-0.25, -0.2) is 0 Å². The highest BCUT2D eigenvalue weighted by Crippen LogP contribution is 2.20. The van der Waals surface area contributed by atoms with Crippen molar-refractivity contribution in [2.24, 2.45) is 0 Å². The average Bonchev–Trinajstić information content (AvgIpc) is 2.36. The van der Waals surface area contributed by atoms with Crippen LogP contribution in [0.25, 0.3) is 0 Å². The van der Waals surface area contributed by atoms with Gasteiger partial charge in [-0.3, -0.25) is 4.90 Å². The number of rotatable bonds is 5. The number of ether oxygens (including phenoxy) is 2. The van der Waals surface area contributed by atoms with E-state index in [0.717, 1.165) is 13.1 Å². The maximum absolute atomic E-state index is 10.1. The molecule has 0 aromatic heterocycles. The minimum atomic E-state index is -0.376. The lowest BCUT2D eigenvalue weighted by molar-refractivity contribution is -0.0873. The molecular formula is C16H33NO3. The second kappa shape index (κ2) is 8.98. The Kier molecular flexibility index (Phi) is 8.03. The van der Waals surface area contributed by atoms with Gasteiger partial charge >= 0.3 is 0 Å². The summed E-state index contributed by atoms with van der Waals surface area (Å²) >= 11 is 0. The van der Waals surface area contributed by atoms with E-state index in [4.69, 9.17) is 9.47 Å². The first-order valence-corrected chi connectivity index (χ1v) is 7.81. The van der Waals surface area contributed by atoms with E-state index in [1.807, 2.05) is 0 Å². The topological polar surface area (TPSA) is 41.9 Å². The van der Waals surface area contributed by atoms with Gasteiger partial charge in [0.05, 0.1) is 31.0 Å². The Hall–Kier alpha value is -0.160. The summed E-state index contributed by atoms with van der Waals surface area (Å²) in [6.45, 7) is 7.17. The van der Waals surface area contributed by atoms with Gasteiger partial charge in [-0.1, -0.05) is 26.7 Å². The Bertz CT molecular complexity index is 246. The van der Waals surface area contributed by atoms with Crippen LogP contribution in [0.5, 0.6) is 0 Å². The molecule has 1 N–H and O–H groups in total. The number of nitrogens with zero attached hydrogens (tertiary/aromatic N) is 1. The summed E-state index contributed by atoms with van der Waals surface area (Å²) < 4.78 is 11.5. The summed E-state index contributed by atoms with van der Waals surface area (Å²) in [5.41, 5.74) is 0. The van der Waals surface area contributed by atoms with Crippen molar-refractivity contribution in [2.75, 3.05) is 26.2 Å². The van der Waals surface area contributed by atoms with Crippen molar-refractivity contribution in [3.05, 3.63) is 0 Å². The SMILES string of the molecule is C.CC1CN(CC(O)COC2CCCCC2)CC(C)O1. The van der Waals surface area contributed by atoms with E-state index in [1.54, 1.807) is 0 Å². The summed E-state index contributed by atoms with van der Waals surface area (Å²) in [6.07, 6.45) is 6.75. The third-order valence-electron chi connectivity index (χ3n) is 4.04. The van der Waals surface area contributed by atoms with Gasteiger partial charge in [0.2, 0.25) is 0 Å². The third-order valence-corrected chi connectivity index (χ3v) is 4.04. The van der Waals surface area contributed by atoms with Crippen LogP contribution < -0.4 is 0 Å². The van der Waals surface area contributed by atoms with Crippen LogP contribution in [0.3, 0.4) is 0 Å². The van der Waals surface area contributed by atoms with Crippen LogP contribution in [0.1, 0.15) is 53.4 Å². The van der Waals surface area contributed by atoms with E-state index in [2.05, 4.69) is 18.7 Å².